The number of thiophene rings is 1. The van der Waals surface area contributed by atoms with Gasteiger partial charge in [0, 0.05) is 54.0 Å². The summed E-state index contributed by atoms with van der Waals surface area (Å²) in [5.74, 6) is 3.27. The van der Waals surface area contributed by atoms with Gasteiger partial charge in [0.2, 0.25) is 5.95 Å². The van der Waals surface area contributed by atoms with Crippen LogP contribution < -0.4 is 10.2 Å². The number of hydrogen-bond acceptors (Lipinski definition) is 8. The summed E-state index contributed by atoms with van der Waals surface area (Å²) in [6.07, 6.45) is 8.07. The quantitative estimate of drug-likeness (QED) is 0.364. The summed E-state index contributed by atoms with van der Waals surface area (Å²) in [5.41, 5.74) is 3.13. The number of anilines is 3. The minimum absolute atomic E-state index is 0.252. The molecule has 0 bridgehead atoms. The number of piperidine rings is 1. The predicted octanol–water partition coefficient (Wildman–Crippen LogP) is 3.63. The van der Waals surface area contributed by atoms with Crippen LogP contribution in [0.4, 0.5) is 17.6 Å². The van der Waals surface area contributed by atoms with Crippen molar-refractivity contribution in [2.45, 2.75) is 31.6 Å². The Bertz CT molecular complexity index is 1190. The van der Waals surface area contributed by atoms with E-state index in [0.29, 0.717) is 11.8 Å². The summed E-state index contributed by atoms with van der Waals surface area (Å²) in [5, 5.41) is 27.5. The SMILES string of the molecule is OCC1CCN(c2nc(Nc3cc(C4CC4)[nH]n3)c3sc(-c4cn[nH]c4)cc3n2)CC1. The lowest BCUT2D eigenvalue weighted by molar-refractivity contribution is 0.202. The molecule has 0 amide bonds. The van der Waals surface area contributed by atoms with Crippen LogP contribution in [0.3, 0.4) is 0 Å². The van der Waals surface area contributed by atoms with Crippen molar-refractivity contribution in [3.8, 4) is 10.4 Å². The molecule has 31 heavy (non-hydrogen) atoms. The third-order valence-electron chi connectivity index (χ3n) is 6.16. The molecule has 0 radical (unpaired) electrons. The maximum absolute atomic E-state index is 9.46. The number of nitrogens with zero attached hydrogens (tertiary/aromatic N) is 5. The van der Waals surface area contributed by atoms with Gasteiger partial charge >= 0.3 is 0 Å². The van der Waals surface area contributed by atoms with Crippen LogP contribution in [0.15, 0.2) is 24.5 Å². The molecule has 0 unspecified atom stereocenters. The van der Waals surface area contributed by atoms with Crippen molar-refractivity contribution >= 4 is 39.1 Å². The first-order valence-electron chi connectivity index (χ1n) is 10.8. The second kappa shape index (κ2) is 7.61. The van der Waals surface area contributed by atoms with Crippen molar-refractivity contribution in [2.24, 2.45) is 5.92 Å². The predicted molar refractivity (Wildman–Crippen MR) is 121 cm³/mol. The summed E-state index contributed by atoms with van der Waals surface area (Å²) in [6.45, 7) is 1.95. The van der Waals surface area contributed by atoms with E-state index in [2.05, 4.69) is 42.7 Å². The van der Waals surface area contributed by atoms with Crippen LogP contribution >= 0.6 is 11.3 Å². The number of nitrogens with one attached hydrogen (secondary N) is 3. The van der Waals surface area contributed by atoms with E-state index in [9.17, 15) is 5.11 Å². The van der Waals surface area contributed by atoms with Crippen molar-refractivity contribution in [1.29, 1.82) is 0 Å². The third-order valence-corrected chi connectivity index (χ3v) is 7.34. The summed E-state index contributed by atoms with van der Waals surface area (Å²) in [4.78, 5) is 13.1. The van der Waals surface area contributed by atoms with Crippen molar-refractivity contribution in [3.05, 3.63) is 30.2 Å². The number of H-pyrrole nitrogens is 2. The highest BCUT2D eigenvalue weighted by Crippen LogP contribution is 2.41. The summed E-state index contributed by atoms with van der Waals surface area (Å²) >= 11 is 1.65. The van der Waals surface area contributed by atoms with E-state index in [1.54, 1.807) is 11.3 Å². The van der Waals surface area contributed by atoms with Gasteiger partial charge in [-0.2, -0.15) is 15.2 Å². The molecule has 0 aromatic carbocycles. The first-order valence-corrected chi connectivity index (χ1v) is 11.6. The van der Waals surface area contributed by atoms with Gasteiger partial charge in [0.1, 0.15) is 0 Å². The van der Waals surface area contributed by atoms with Gasteiger partial charge in [0.05, 0.1) is 16.4 Å². The fourth-order valence-corrected chi connectivity index (χ4v) is 5.14. The maximum atomic E-state index is 9.46. The number of rotatable bonds is 6. The fourth-order valence-electron chi connectivity index (χ4n) is 4.11. The Kier molecular flexibility index (Phi) is 4.61. The molecule has 5 heterocycles. The highest BCUT2D eigenvalue weighted by molar-refractivity contribution is 7.22. The Morgan fingerprint density at radius 3 is 2.77 bits per heavy atom. The lowest BCUT2D eigenvalue weighted by Crippen LogP contribution is -2.35. The van der Waals surface area contributed by atoms with Crippen molar-refractivity contribution in [2.75, 3.05) is 29.9 Å². The molecular weight excluding hydrogens is 412 g/mol. The van der Waals surface area contributed by atoms with E-state index in [-0.39, 0.29) is 6.61 Å². The normalized spacial score (nSPS) is 17.5. The van der Waals surface area contributed by atoms with Crippen LogP contribution in [-0.4, -0.2) is 55.2 Å². The van der Waals surface area contributed by atoms with Crippen molar-refractivity contribution < 1.29 is 5.11 Å². The number of aromatic amines is 2. The summed E-state index contributed by atoms with van der Waals surface area (Å²) < 4.78 is 1.00. The molecule has 1 aliphatic carbocycles. The number of fused-ring (bicyclic) bond motifs is 1. The largest absolute Gasteiger partial charge is 0.396 e. The molecule has 1 aliphatic heterocycles. The molecule has 10 heteroatoms. The van der Waals surface area contributed by atoms with Gasteiger partial charge < -0.3 is 15.3 Å². The van der Waals surface area contributed by atoms with E-state index in [1.807, 2.05) is 12.4 Å². The van der Waals surface area contributed by atoms with Crippen LogP contribution in [0.1, 0.15) is 37.3 Å². The molecule has 1 saturated carbocycles. The van der Waals surface area contributed by atoms with E-state index in [1.165, 1.54) is 18.5 Å². The Morgan fingerprint density at radius 1 is 1.16 bits per heavy atom. The highest BCUT2D eigenvalue weighted by Gasteiger charge is 2.26. The van der Waals surface area contributed by atoms with Gasteiger partial charge in [0.15, 0.2) is 11.6 Å². The van der Waals surface area contributed by atoms with E-state index >= 15 is 0 Å². The minimum atomic E-state index is 0.252. The smallest absolute Gasteiger partial charge is 0.227 e. The average Bonchev–Trinajstić information content (AvgIpc) is 3.20. The molecule has 4 N–H and O–H groups in total. The van der Waals surface area contributed by atoms with E-state index in [0.717, 1.165) is 64.2 Å². The topological polar surface area (TPSA) is 119 Å². The third kappa shape index (κ3) is 3.66. The summed E-state index contributed by atoms with van der Waals surface area (Å²) in [6, 6.07) is 4.18. The van der Waals surface area contributed by atoms with Gasteiger partial charge in [0.25, 0.3) is 0 Å². The first-order chi connectivity index (χ1) is 15.3. The molecular formula is C21H24N8OS. The number of aliphatic hydroxyl groups is 1. The molecule has 9 nitrogen and oxygen atoms in total. The van der Waals surface area contributed by atoms with Crippen LogP contribution in [0.5, 0.6) is 0 Å². The number of aromatic nitrogens is 6. The van der Waals surface area contributed by atoms with Crippen LogP contribution in [0.25, 0.3) is 20.7 Å². The zero-order valence-electron chi connectivity index (χ0n) is 17.0. The second-order valence-electron chi connectivity index (χ2n) is 8.41. The maximum Gasteiger partial charge on any atom is 0.227 e. The minimum Gasteiger partial charge on any atom is -0.396 e. The molecule has 4 aromatic rings. The second-order valence-corrected chi connectivity index (χ2v) is 9.46. The molecule has 6 rings (SSSR count). The Hall–Kier alpha value is -2.98. The fraction of sp³-hybridized carbons (Fsp3) is 0.429. The molecule has 1 saturated heterocycles. The van der Waals surface area contributed by atoms with Crippen molar-refractivity contribution in [1.82, 2.24) is 30.4 Å². The standard InChI is InChI=1S/C21H24N8OS/c30-11-12-3-5-29(6-4-12)21-24-16-7-17(14-9-22-23-10-14)31-19(16)20(26-21)25-18-8-15(27-28-18)13-1-2-13/h7-10,12-13,30H,1-6,11H2,(H,22,23)(H2,24,25,26,27,28). The number of hydrogen-bond donors (Lipinski definition) is 4. The first kappa shape index (κ1) is 18.8. The zero-order chi connectivity index (χ0) is 20.8. The van der Waals surface area contributed by atoms with Crippen molar-refractivity contribution in [3.63, 3.8) is 0 Å². The van der Waals surface area contributed by atoms with Crippen LogP contribution in [0.2, 0.25) is 0 Å². The van der Waals surface area contributed by atoms with Gasteiger partial charge in [-0.1, -0.05) is 0 Å². The van der Waals surface area contributed by atoms with Crippen LogP contribution in [-0.2, 0) is 0 Å². The Morgan fingerprint density at radius 2 is 2.03 bits per heavy atom. The monoisotopic (exact) mass is 436 g/mol. The lowest BCUT2D eigenvalue weighted by Gasteiger charge is -2.31. The number of aliphatic hydroxyl groups excluding tert-OH is 1. The molecule has 2 fully saturated rings. The van der Waals surface area contributed by atoms with Gasteiger partial charge in [-0.15, -0.1) is 11.3 Å². The van der Waals surface area contributed by atoms with E-state index in [4.69, 9.17) is 9.97 Å². The van der Waals surface area contributed by atoms with E-state index < -0.39 is 0 Å². The zero-order valence-corrected chi connectivity index (χ0v) is 17.8. The Labute approximate surface area is 182 Å². The highest BCUT2D eigenvalue weighted by atomic mass is 32.1. The summed E-state index contributed by atoms with van der Waals surface area (Å²) in [7, 11) is 0. The molecule has 0 spiro atoms. The van der Waals surface area contributed by atoms with Crippen LogP contribution in [0, 0.1) is 5.92 Å². The molecule has 160 valence electrons. The molecule has 4 aromatic heterocycles. The lowest BCUT2D eigenvalue weighted by atomic mass is 9.98. The molecule has 0 atom stereocenters. The average molecular weight is 437 g/mol. The van der Waals surface area contributed by atoms with Gasteiger partial charge in [-0.05, 0) is 37.7 Å². The molecule has 2 aliphatic rings. The van der Waals surface area contributed by atoms with Gasteiger partial charge in [-0.25, -0.2) is 4.98 Å². The van der Waals surface area contributed by atoms with Gasteiger partial charge in [-0.3, -0.25) is 10.2 Å². The Balaban J connectivity index is 1.38.